The van der Waals surface area contributed by atoms with E-state index in [4.69, 9.17) is 0 Å². The molecule has 1 aromatic carbocycles. The van der Waals surface area contributed by atoms with Crippen LogP contribution >= 0.6 is 0 Å². The average molecular weight is 324 g/mol. The molecule has 0 spiro atoms. The van der Waals surface area contributed by atoms with Gasteiger partial charge in [0.25, 0.3) is 5.91 Å². The highest BCUT2D eigenvalue weighted by atomic mass is 16.2. The Morgan fingerprint density at radius 1 is 1.29 bits per heavy atom. The van der Waals surface area contributed by atoms with Gasteiger partial charge in [0.15, 0.2) is 5.78 Å². The molecule has 0 bridgehead atoms. The molecule has 1 aromatic heterocycles. The van der Waals surface area contributed by atoms with Gasteiger partial charge >= 0.3 is 0 Å². The van der Waals surface area contributed by atoms with Gasteiger partial charge in [-0.2, -0.15) is 0 Å². The Morgan fingerprint density at radius 3 is 2.67 bits per heavy atom. The summed E-state index contributed by atoms with van der Waals surface area (Å²) in [5, 5.41) is 0. The molecule has 2 heterocycles. The molecule has 0 radical (unpaired) electrons. The lowest BCUT2D eigenvalue weighted by molar-refractivity contribution is 0.0709. The maximum atomic E-state index is 12.9. The Morgan fingerprint density at radius 2 is 2.04 bits per heavy atom. The van der Waals surface area contributed by atoms with Crippen LogP contribution < -0.4 is 0 Å². The molecule has 0 saturated carbocycles. The number of Topliss-reactive ketones (excluding diaryl/α,β-unsaturated/α-hetero) is 1. The van der Waals surface area contributed by atoms with Gasteiger partial charge in [0.1, 0.15) is 5.69 Å². The van der Waals surface area contributed by atoms with E-state index in [0.29, 0.717) is 17.2 Å². The molecule has 24 heavy (non-hydrogen) atoms. The summed E-state index contributed by atoms with van der Waals surface area (Å²) in [7, 11) is 0. The van der Waals surface area contributed by atoms with Crippen molar-refractivity contribution < 1.29 is 9.59 Å². The summed E-state index contributed by atoms with van der Waals surface area (Å²) in [5.41, 5.74) is 2.36. The normalized spacial score (nSPS) is 18.6. The first kappa shape index (κ1) is 16.5. The third-order valence-electron chi connectivity index (χ3n) is 5.01. The predicted octanol–water partition coefficient (Wildman–Crippen LogP) is 4.02. The zero-order valence-corrected chi connectivity index (χ0v) is 14.3. The van der Waals surface area contributed by atoms with E-state index in [-0.39, 0.29) is 17.7 Å². The number of nitrogens with one attached hydrogen (secondary N) is 1. The molecule has 1 N–H and O–H groups in total. The molecule has 0 unspecified atom stereocenters. The van der Waals surface area contributed by atoms with Crippen LogP contribution in [0, 0.1) is 0 Å². The van der Waals surface area contributed by atoms with Crippen molar-refractivity contribution in [2.45, 2.75) is 45.1 Å². The second kappa shape index (κ2) is 7.04. The third-order valence-corrected chi connectivity index (χ3v) is 5.01. The second-order valence-corrected chi connectivity index (χ2v) is 6.49. The minimum atomic E-state index is -0.0287. The van der Waals surface area contributed by atoms with E-state index in [1.54, 1.807) is 12.3 Å². The molecule has 4 nitrogen and oxygen atoms in total. The van der Waals surface area contributed by atoms with Gasteiger partial charge in [0.05, 0.1) is 0 Å². The van der Waals surface area contributed by atoms with E-state index in [1.807, 2.05) is 11.0 Å². The zero-order chi connectivity index (χ0) is 17.1. The van der Waals surface area contributed by atoms with Crippen LogP contribution in [0.2, 0.25) is 0 Å². The zero-order valence-electron chi connectivity index (χ0n) is 14.3. The van der Waals surface area contributed by atoms with Crippen molar-refractivity contribution in [3.8, 4) is 0 Å². The largest absolute Gasteiger partial charge is 0.356 e. The Bertz CT molecular complexity index is 720. The van der Waals surface area contributed by atoms with Crippen molar-refractivity contribution in [3.63, 3.8) is 0 Å². The summed E-state index contributed by atoms with van der Waals surface area (Å²) in [4.78, 5) is 29.3. The van der Waals surface area contributed by atoms with Gasteiger partial charge in [0, 0.05) is 30.3 Å². The molecule has 1 aliphatic rings. The second-order valence-electron chi connectivity index (χ2n) is 6.49. The Hall–Kier alpha value is -2.36. The lowest BCUT2D eigenvalue weighted by Gasteiger charge is -2.31. The number of carbonyl (C=O) groups is 2. The first-order valence-electron chi connectivity index (χ1n) is 8.67. The fourth-order valence-electron chi connectivity index (χ4n) is 3.77. The molecule has 1 saturated heterocycles. The Labute approximate surface area is 142 Å². The topological polar surface area (TPSA) is 53.2 Å². The molecule has 3 rings (SSSR count). The van der Waals surface area contributed by atoms with E-state index >= 15 is 0 Å². The third kappa shape index (κ3) is 3.14. The van der Waals surface area contributed by atoms with Crippen molar-refractivity contribution >= 4 is 11.7 Å². The van der Waals surface area contributed by atoms with Crippen molar-refractivity contribution in [1.82, 2.24) is 9.88 Å². The smallest absolute Gasteiger partial charge is 0.270 e. The van der Waals surface area contributed by atoms with Crippen LogP contribution in [0.5, 0.6) is 0 Å². The minimum absolute atomic E-state index is 0.000573. The fourth-order valence-corrected chi connectivity index (χ4v) is 3.77. The van der Waals surface area contributed by atoms with Gasteiger partial charge in [-0.15, -0.1) is 0 Å². The van der Waals surface area contributed by atoms with Crippen LogP contribution in [0.25, 0.3) is 0 Å². The highest BCUT2D eigenvalue weighted by Crippen LogP contribution is 2.34. The molecule has 0 aliphatic carbocycles. The van der Waals surface area contributed by atoms with Gasteiger partial charge < -0.3 is 9.88 Å². The fraction of sp³-hybridized carbons (Fsp3) is 0.400. The number of benzene rings is 1. The van der Waals surface area contributed by atoms with Crippen LogP contribution in [-0.4, -0.2) is 34.2 Å². The number of amides is 1. The van der Waals surface area contributed by atoms with Crippen LogP contribution in [-0.2, 0) is 0 Å². The minimum Gasteiger partial charge on any atom is -0.356 e. The van der Waals surface area contributed by atoms with E-state index in [1.165, 1.54) is 12.5 Å². The maximum absolute atomic E-state index is 12.9. The Balaban J connectivity index is 1.83. The molecule has 126 valence electrons. The van der Waals surface area contributed by atoms with E-state index in [9.17, 15) is 9.59 Å². The highest BCUT2D eigenvalue weighted by molar-refractivity contribution is 5.99. The molecule has 4 heteroatoms. The highest BCUT2D eigenvalue weighted by Gasteiger charge is 2.35. The number of likely N-dealkylation sites (tertiary alicyclic amines) is 1. The molecule has 2 atom stereocenters. The monoisotopic (exact) mass is 324 g/mol. The van der Waals surface area contributed by atoms with Gasteiger partial charge in [-0.1, -0.05) is 37.3 Å². The van der Waals surface area contributed by atoms with Crippen LogP contribution in [0.4, 0.5) is 0 Å². The van der Waals surface area contributed by atoms with E-state index in [2.05, 4.69) is 36.2 Å². The summed E-state index contributed by atoms with van der Waals surface area (Å²) in [6, 6.07) is 12.3. The predicted molar refractivity (Wildman–Crippen MR) is 94.3 cm³/mol. The first-order valence-corrected chi connectivity index (χ1v) is 8.67. The summed E-state index contributed by atoms with van der Waals surface area (Å²) in [5.74, 6) is 0.318. The number of aromatic amines is 1. The van der Waals surface area contributed by atoms with Crippen LogP contribution in [0.1, 0.15) is 65.4 Å². The van der Waals surface area contributed by atoms with E-state index in [0.717, 1.165) is 25.8 Å². The van der Waals surface area contributed by atoms with Crippen LogP contribution in [0.15, 0.2) is 42.6 Å². The number of ketones is 1. The molecule has 2 aromatic rings. The summed E-state index contributed by atoms with van der Waals surface area (Å²) < 4.78 is 0. The number of nitrogens with zero attached hydrogens (tertiary/aromatic N) is 1. The SMILES string of the molecule is CC[C@@H](c1ccccc1)[C@@H]1CCCN1C(=O)c1cc(C(C)=O)c[nH]1. The van der Waals surface area contributed by atoms with Gasteiger partial charge in [-0.3, -0.25) is 9.59 Å². The lowest BCUT2D eigenvalue weighted by Crippen LogP contribution is -2.39. The number of hydrogen-bond donors (Lipinski definition) is 1. The summed E-state index contributed by atoms with van der Waals surface area (Å²) in [6.07, 6.45) is 4.68. The number of H-pyrrole nitrogens is 1. The number of rotatable bonds is 5. The molecular weight excluding hydrogens is 300 g/mol. The van der Waals surface area contributed by atoms with Gasteiger partial charge in [-0.05, 0) is 37.8 Å². The van der Waals surface area contributed by atoms with Gasteiger partial charge in [-0.25, -0.2) is 0 Å². The van der Waals surface area contributed by atoms with Crippen molar-refractivity contribution in [3.05, 3.63) is 59.4 Å². The number of hydrogen-bond acceptors (Lipinski definition) is 2. The first-order chi connectivity index (χ1) is 11.6. The quantitative estimate of drug-likeness (QED) is 0.845. The Kier molecular flexibility index (Phi) is 4.84. The van der Waals surface area contributed by atoms with E-state index < -0.39 is 0 Å². The van der Waals surface area contributed by atoms with Crippen LogP contribution in [0.3, 0.4) is 0 Å². The van der Waals surface area contributed by atoms with Gasteiger partial charge in [0.2, 0.25) is 0 Å². The average Bonchev–Trinajstić information content (AvgIpc) is 3.26. The van der Waals surface area contributed by atoms with Crippen molar-refractivity contribution in [1.29, 1.82) is 0 Å². The molecular formula is C20H24N2O2. The molecule has 1 fully saturated rings. The molecule has 1 amide bonds. The van der Waals surface area contributed by atoms with Crippen molar-refractivity contribution in [2.75, 3.05) is 6.54 Å². The van der Waals surface area contributed by atoms with Crippen molar-refractivity contribution in [2.24, 2.45) is 0 Å². The standard InChI is InChI=1S/C20H24N2O2/c1-3-17(15-8-5-4-6-9-15)19-10-7-11-22(19)20(24)18-12-16(13-21-18)14(2)23/h4-6,8-9,12-13,17,19,21H,3,7,10-11H2,1-2H3/t17-,19-/m0/s1. The summed E-state index contributed by atoms with van der Waals surface area (Å²) in [6.45, 7) is 4.47. The molecule has 1 aliphatic heterocycles. The maximum Gasteiger partial charge on any atom is 0.270 e. The lowest BCUT2D eigenvalue weighted by atomic mass is 9.87. The summed E-state index contributed by atoms with van der Waals surface area (Å²) >= 11 is 0. The number of carbonyl (C=O) groups excluding carboxylic acids is 2. The number of aromatic nitrogens is 1.